The van der Waals surface area contributed by atoms with Crippen LogP contribution in [-0.4, -0.2) is 19.7 Å². The molecule has 1 saturated carbocycles. The number of aromatic nitrogens is 4. The van der Waals surface area contributed by atoms with Gasteiger partial charge in [-0.1, -0.05) is 31.4 Å². The smallest absolute Gasteiger partial charge is 0.116 e. The Morgan fingerprint density at radius 1 is 1.04 bits per heavy atom. The lowest BCUT2D eigenvalue weighted by Gasteiger charge is -2.26. The van der Waals surface area contributed by atoms with Crippen LogP contribution in [0.5, 0.6) is 0 Å². The molecule has 3 aromatic rings. The zero-order valence-electron chi connectivity index (χ0n) is 16.3. The maximum absolute atomic E-state index is 4.43. The fourth-order valence-electron chi connectivity index (χ4n) is 4.59. The molecule has 2 heterocycles. The maximum atomic E-state index is 4.43. The molecule has 0 N–H and O–H groups in total. The van der Waals surface area contributed by atoms with Crippen molar-refractivity contribution in [2.45, 2.75) is 51.4 Å². The van der Waals surface area contributed by atoms with Gasteiger partial charge in [-0.2, -0.15) is 5.10 Å². The van der Waals surface area contributed by atoms with Crippen LogP contribution in [0.2, 0.25) is 0 Å². The summed E-state index contributed by atoms with van der Waals surface area (Å²) >= 11 is 0. The molecule has 2 aromatic heterocycles. The van der Waals surface area contributed by atoms with Gasteiger partial charge in [0.15, 0.2) is 0 Å². The first-order valence-corrected chi connectivity index (χ1v) is 10.1. The summed E-state index contributed by atoms with van der Waals surface area (Å²) in [6, 6.07) is 11.0. The van der Waals surface area contributed by atoms with Crippen molar-refractivity contribution in [2.75, 3.05) is 0 Å². The van der Waals surface area contributed by atoms with E-state index >= 15 is 0 Å². The van der Waals surface area contributed by atoms with Crippen molar-refractivity contribution < 1.29 is 0 Å². The molecule has 0 aliphatic heterocycles. The lowest BCUT2D eigenvalue weighted by molar-refractivity contribution is 0.379. The quantitative estimate of drug-likeness (QED) is 0.609. The summed E-state index contributed by atoms with van der Waals surface area (Å²) in [6.07, 6.45) is 13.1. The summed E-state index contributed by atoms with van der Waals surface area (Å²) < 4.78 is 2.08. The second-order valence-electron chi connectivity index (χ2n) is 7.82. The molecule has 0 amide bonds. The Hall–Kier alpha value is -2.49. The van der Waals surface area contributed by atoms with Gasteiger partial charge in [0.25, 0.3) is 0 Å². The van der Waals surface area contributed by atoms with E-state index in [0.29, 0.717) is 11.8 Å². The van der Waals surface area contributed by atoms with Gasteiger partial charge in [-0.15, -0.1) is 0 Å². The van der Waals surface area contributed by atoms with Crippen LogP contribution in [-0.2, 0) is 13.5 Å². The van der Waals surface area contributed by atoms with Gasteiger partial charge in [-0.3, -0.25) is 4.68 Å². The van der Waals surface area contributed by atoms with Crippen molar-refractivity contribution in [1.82, 2.24) is 19.7 Å². The molecule has 0 saturated heterocycles. The topological polar surface area (TPSA) is 43.6 Å². The molecule has 140 valence electrons. The Balaban J connectivity index is 1.58. The van der Waals surface area contributed by atoms with Crippen LogP contribution in [0.3, 0.4) is 0 Å². The van der Waals surface area contributed by atoms with Crippen molar-refractivity contribution in [3.8, 4) is 11.3 Å². The third kappa shape index (κ3) is 3.95. The minimum Gasteiger partial charge on any atom is -0.272 e. The van der Waals surface area contributed by atoms with Crippen molar-refractivity contribution in [3.05, 3.63) is 65.9 Å². The third-order valence-corrected chi connectivity index (χ3v) is 6.10. The molecule has 27 heavy (non-hydrogen) atoms. The Kier molecular flexibility index (Phi) is 5.33. The van der Waals surface area contributed by atoms with Gasteiger partial charge in [0.1, 0.15) is 6.33 Å². The minimum atomic E-state index is 0.612. The Morgan fingerprint density at radius 3 is 2.67 bits per heavy atom. The highest BCUT2D eigenvalue weighted by Crippen LogP contribution is 2.38. The van der Waals surface area contributed by atoms with E-state index in [2.05, 4.69) is 58.0 Å². The minimum absolute atomic E-state index is 0.612. The molecule has 2 unspecified atom stereocenters. The highest BCUT2D eigenvalue weighted by Gasteiger charge is 2.27. The van der Waals surface area contributed by atoms with Gasteiger partial charge in [-0.05, 0) is 61.4 Å². The van der Waals surface area contributed by atoms with Crippen LogP contribution < -0.4 is 0 Å². The molecule has 0 bridgehead atoms. The van der Waals surface area contributed by atoms with Crippen LogP contribution >= 0.6 is 0 Å². The highest BCUT2D eigenvalue weighted by atomic mass is 15.3. The van der Waals surface area contributed by atoms with Crippen molar-refractivity contribution >= 4 is 0 Å². The monoisotopic (exact) mass is 360 g/mol. The van der Waals surface area contributed by atoms with Crippen LogP contribution in [0, 0.1) is 12.8 Å². The molecule has 4 nitrogen and oxygen atoms in total. The molecule has 1 fully saturated rings. The lowest BCUT2D eigenvalue weighted by atomic mass is 9.80. The number of hydrogen-bond acceptors (Lipinski definition) is 3. The van der Waals surface area contributed by atoms with Gasteiger partial charge >= 0.3 is 0 Å². The van der Waals surface area contributed by atoms with E-state index in [1.165, 1.54) is 54.5 Å². The van der Waals surface area contributed by atoms with E-state index in [9.17, 15) is 0 Å². The van der Waals surface area contributed by atoms with Crippen LogP contribution in [0.4, 0.5) is 0 Å². The van der Waals surface area contributed by atoms with Gasteiger partial charge < -0.3 is 0 Å². The fourth-order valence-corrected chi connectivity index (χ4v) is 4.59. The van der Waals surface area contributed by atoms with E-state index < -0.39 is 0 Å². The molecule has 0 radical (unpaired) electrons. The predicted octanol–water partition coefficient (Wildman–Crippen LogP) is 5.09. The molecule has 1 aliphatic carbocycles. The van der Waals surface area contributed by atoms with Gasteiger partial charge in [-0.25, -0.2) is 9.97 Å². The SMILES string of the molecule is Cc1cc(-c2ccncn2)ccc1CC1CCCCCC1c1ccnn1C. The number of nitrogens with zero attached hydrogens (tertiary/aromatic N) is 4. The standard InChI is InChI=1S/C23H28N4/c1-17-14-20(22-10-12-24-16-25-22)9-8-18(17)15-19-6-4-3-5-7-21(19)23-11-13-26-27(23)2/h8-14,16,19,21H,3-7,15H2,1-2H3. The van der Waals surface area contributed by atoms with Crippen LogP contribution in [0.1, 0.15) is 54.8 Å². The van der Waals surface area contributed by atoms with E-state index in [4.69, 9.17) is 0 Å². The number of benzene rings is 1. The van der Waals surface area contributed by atoms with Gasteiger partial charge in [0.2, 0.25) is 0 Å². The van der Waals surface area contributed by atoms with E-state index in [-0.39, 0.29) is 0 Å². The molecule has 4 rings (SSSR count). The fraction of sp³-hybridized carbons (Fsp3) is 0.435. The first-order chi connectivity index (χ1) is 13.2. The third-order valence-electron chi connectivity index (χ3n) is 6.10. The van der Waals surface area contributed by atoms with Crippen LogP contribution in [0.15, 0.2) is 49.1 Å². The molecular weight excluding hydrogens is 332 g/mol. The first-order valence-electron chi connectivity index (χ1n) is 10.1. The number of rotatable bonds is 4. The van der Waals surface area contributed by atoms with Gasteiger partial charge in [0.05, 0.1) is 5.69 Å². The van der Waals surface area contributed by atoms with Crippen molar-refractivity contribution in [2.24, 2.45) is 13.0 Å². The van der Waals surface area contributed by atoms with E-state index in [1.54, 1.807) is 12.5 Å². The summed E-state index contributed by atoms with van der Waals surface area (Å²) in [5, 5.41) is 4.43. The highest BCUT2D eigenvalue weighted by molar-refractivity contribution is 5.60. The van der Waals surface area contributed by atoms with E-state index in [1.807, 2.05) is 12.3 Å². The average Bonchev–Trinajstić information content (AvgIpc) is 2.98. The molecule has 1 aromatic carbocycles. The summed E-state index contributed by atoms with van der Waals surface area (Å²) in [5.41, 5.74) is 6.38. The maximum Gasteiger partial charge on any atom is 0.116 e. The summed E-state index contributed by atoms with van der Waals surface area (Å²) in [6.45, 7) is 2.23. The van der Waals surface area contributed by atoms with Crippen LogP contribution in [0.25, 0.3) is 11.3 Å². The second kappa shape index (κ2) is 8.03. The largest absolute Gasteiger partial charge is 0.272 e. The molecule has 4 heteroatoms. The molecular formula is C23H28N4. The summed E-state index contributed by atoms with van der Waals surface area (Å²) in [4.78, 5) is 8.40. The summed E-state index contributed by atoms with van der Waals surface area (Å²) in [7, 11) is 2.08. The van der Waals surface area contributed by atoms with Crippen molar-refractivity contribution in [3.63, 3.8) is 0 Å². The zero-order chi connectivity index (χ0) is 18.6. The average molecular weight is 361 g/mol. The number of aryl methyl sites for hydroxylation is 2. The second-order valence-corrected chi connectivity index (χ2v) is 7.82. The first kappa shape index (κ1) is 17.9. The van der Waals surface area contributed by atoms with E-state index in [0.717, 1.165) is 12.1 Å². The molecule has 0 spiro atoms. The van der Waals surface area contributed by atoms with Gasteiger partial charge in [0, 0.05) is 36.6 Å². The Bertz CT molecular complexity index is 884. The normalized spacial score (nSPS) is 20.4. The van der Waals surface area contributed by atoms with Crippen molar-refractivity contribution in [1.29, 1.82) is 0 Å². The predicted molar refractivity (Wildman–Crippen MR) is 108 cm³/mol. The summed E-state index contributed by atoms with van der Waals surface area (Å²) in [5.74, 6) is 1.30. The Morgan fingerprint density at radius 2 is 1.93 bits per heavy atom. The molecule has 2 atom stereocenters. The number of hydrogen-bond donors (Lipinski definition) is 0. The Labute approximate surface area is 161 Å². The lowest BCUT2D eigenvalue weighted by Crippen LogP contribution is -2.18. The molecule has 1 aliphatic rings. The zero-order valence-corrected chi connectivity index (χ0v) is 16.3.